The Morgan fingerprint density at radius 3 is 2.78 bits per heavy atom. The fourth-order valence-corrected chi connectivity index (χ4v) is 6.70. The van der Waals surface area contributed by atoms with Crippen molar-refractivity contribution in [3.63, 3.8) is 0 Å². The van der Waals surface area contributed by atoms with Gasteiger partial charge in [0.2, 0.25) is 0 Å². The molecule has 0 radical (unpaired) electrons. The number of halogens is 1. The number of aromatic carboxylic acids is 1. The molecule has 10 nitrogen and oxygen atoms in total. The van der Waals surface area contributed by atoms with Gasteiger partial charge in [-0.2, -0.15) is 5.26 Å². The van der Waals surface area contributed by atoms with Crippen LogP contribution < -0.4 is 15.8 Å². The number of nitrogens with one attached hydrogen (secondary N) is 2. The monoisotopic (exact) mass is 551 g/mol. The van der Waals surface area contributed by atoms with Crippen LogP contribution in [0.1, 0.15) is 22.3 Å². The number of carboxylic acids is 1. The van der Waals surface area contributed by atoms with Crippen LogP contribution in [-0.4, -0.2) is 70.1 Å². The van der Waals surface area contributed by atoms with Gasteiger partial charge in [-0.3, -0.25) is 9.20 Å². The third kappa shape index (κ3) is 3.61. The van der Waals surface area contributed by atoms with Crippen molar-refractivity contribution in [3.05, 3.63) is 70.0 Å². The summed E-state index contributed by atoms with van der Waals surface area (Å²) in [7, 11) is 3.82. The number of benzene rings is 1. The Hall–Kier alpha value is -4.95. The molecule has 0 aliphatic carbocycles. The molecule has 0 saturated carbocycles. The van der Waals surface area contributed by atoms with E-state index in [0.717, 1.165) is 31.7 Å². The standard InChI is InChI=1S/C30H26FN7O3/c1-33-22-9-21(31)19(10-32)24-25-27(37-12-16-7-8-36(2)23(16)14-37)20(11-34-28(25)35-26(22)24)15-3-4-17-5-6-18(30(40)41)29(39)38(17)13-15/h3-6,9,11,13,16,23,33H,7-8,12,14H2,1-2H3,(H,34,35)(H,40,41)/t16-,23+/m0/s1. The van der Waals surface area contributed by atoms with Crippen molar-refractivity contribution in [2.24, 2.45) is 5.92 Å². The number of aromatic amines is 1. The number of aromatic nitrogens is 3. The van der Waals surface area contributed by atoms with Crippen molar-refractivity contribution in [2.75, 3.05) is 43.9 Å². The van der Waals surface area contributed by atoms with Gasteiger partial charge in [-0.25, -0.2) is 14.2 Å². The lowest BCUT2D eigenvalue weighted by Crippen LogP contribution is -2.32. The number of pyridine rings is 3. The van der Waals surface area contributed by atoms with E-state index in [1.165, 1.54) is 16.5 Å². The second-order valence-corrected chi connectivity index (χ2v) is 10.8. The van der Waals surface area contributed by atoms with Crippen LogP contribution >= 0.6 is 0 Å². The number of H-pyrrole nitrogens is 1. The molecule has 0 bridgehead atoms. The Bertz CT molecular complexity index is 2030. The molecule has 11 heteroatoms. The Morgan fingerprint density at radius 1 is 1.24 bits per heavy atom. The molecular formula is C30H26FN7O3. The summed E-state index contributed by atoms with van der Waals surface area (Å²) in [6.45, 7) is 2.55. The second kappa shape index (κ2) is 9.04. The number of carbonyl (C=O) groups is 1. The number of nitrogens with zero attached hydrogens (tertiary/aromatic N) is 5. The number of fused-ring (bicyclic) bond motifs is 5. The SMILES string of the molecule is CNc1cc(F)c(C#N)c2c1[nH]c1ncc(-c3ccc4ccc(C(=O)O)c(=O)n4c3)c(N3C[C@@H]4CCN(C)[C@@H]4C3)c12. The topological polar surface area (TPSA) is 130 Å². The third-order valence-electron chi connectivity index (χ3n) is 8.74. The van der Waals surface area contributed by atoms with Gasteiger partial charge in [0.05, 0.1) is 27.8 Å². The fraction of sp³-hybridized carbons (Fsp3) is 0.267. The summed E-state index contributed by atoms with van der Waals surface area (Å²) >= 11 is 0. The third-order valence-corrected chi connectivity index (χ3v) is 8.74. The smallest absolute Gasteiger partial charge is 0.341 e. The first-order valence-electron chi connectivity index (χ1n) is 13.4. The van der Waals surface area contributed by atoms with E-state index in [0.29, 0.717) is 56.2 Å². The largest absolute Gasteiger partial charge is 0.477 e. The fourth-order valence-electron chi connectivity index (χ4n) is 6.70. The second-order valence-electron chi connectivity index (χ2n) is 10.8. The first-order valence-corrected chi connectivity index (χ1v) is 13.4. The molecule has 2 aliphatic rings. The highest BCUT2D eigenvalue weighted by atomic mass is 19.1. The molecule has 2 saturated heterocycles. The van der Waals surface area contributed by atoms with Crippen molar-refractivity contribution >= 4 is 44.8 Å². The number of carboxylic acid groups (broad SMARTS) is 1. The van der Waals surface area contributed by atoms with Crippen LogP contribution in [0, 0.1) is 23.1 Å². The highest BCUT2D eigenvalue weighted by Crippen LogP contribution is 2.46. The van der Waals surface area contributed by atoms with Crippen LogP contribution in [0.5, 0.6) is 0 Å². The summed E-state index contributed by atoms with van der Waals surface area (Å²) in [5, 5.41) is 23.7. The summed E-state index contributed by atoms with van der Waals surface area (Å²) in [6, 6.07) is 10.3. The minimum absolute atomic E-state index is 0.0669. The van der Waals surface area contributed by atoms with Gasteiger partial charge in [-0.1, -0.05) is 6.07 Å². The van der Waals surface area contributed by atoms with E-state index in [1.807, 2.05) is 6.07 Å². The lowest BCUT2D eigenvalue weighted by Gasteiger charge is -2.26. The van der Waals surface area contributed by atoms with Crippen LogP contribution in [0.2, 0.25) is 0 Å². The maximum absolute atomic E-state index is 15.3. The molecule has 4 aromatic heterocycles. The van der Waals surface area contributed by atoms with Gasteiger partial charge in [0.1, 0.15) is 23.1 Å². The quantitative estimate of drug-likeness (QED) is 0.307. The molecule has 41 heavy (non-hydrogen) atoms. The van der Waals surface area contributed by atoms with Gasteiger partial charge in [0, 0.05) is 66.7 Å². The van der Waals surface area contributed by atoms with Gasteiger partial charge in [0.15, 0.2) is 0 Å². The molecule has 206 valence electrons. The van der Waals surface area contributed by atoms with Gasteiger partial charge in [-0.05, 0) is 44.1 Å². The summed E-state index contributed by atoms with van der Waals surface area (Å²) < 4.78 is 16.6. The molecule has 0 amide bonds. The average molecular weight is 552 g/mol. The minimum Gasteiger partial charge on any atom is -0.477 e. The maximum atomic E-state index is 15.3. The zero-order chi connectivity index (χ0) is 28.6. The Kier molecular flexibility index (Phi) is 5.52. The number of nitriles is 1. The van der Waals surface area contributed by atoms with E-state index in [1.54, 1.807) is 31.6 Å². The van der Waals surface area contributed by atoms with Gasteiger partial charge < -0.3 is 25.2 Å². The highest BCUT2D eigenvalue weighted by Gasteiger charge is 2.41. The molecule has 0 spiro atoms. The Labute approximate surface area is 233 Å². The lowest BCUT2D eigenvalue weighted by atomic mass is 9.99. The molecule has 3 N–H and O–H groups in total. The minimum atomic E-state index is -1.29. The van der Waals surface area contributed by atoms with Crippen molar-refractivity contribution in [1.29, 1.82) is 5.26 Å². The molecule has 0 unspecified atom stereocenters. The lowest BCUT2D eigenvalue weighted by molar-refractivity contribution is 0.0694. The zero-order valence-corrected chi connectivity index (χ0v) is 22.4. The number of likely N-dealkylation sites (tertiary alicyclic amines) is 1. The van der Waals surface area contributed by atoms with E-state index < -0.39 is 17.3 Å². The van der Waals surface area contributed by atoms with Crippen LogP contribution in [0.15, 0.2) is 47.5 Å². The molecule has 1 aromatic carbocycles. The number of hydrogen-bond donors (Lipinski definition) is 3. The molecule has 2 fully saturated rings. The number of likely N-dealkylation sites (N-methyl/N-ethyl adjacent to an activating group) is 1. The van der Waals surface area contributed by atoms with Crippen molar-refractivity contribution < 1.29 is 14.3 Å². The van der Waals surface area contributed by atoms with Crippen molar-refractivity contribution in [1.82, 2.24) is 19.3 Å². The van der Waals surface area contributed by atoms with E-state index in [9.17, 15) is 20.0 Å². The average Bonchev–Trinajstić information content (AvgIpc) is 3.66. The van der Waals surface area contributed by atoms with Crippen LogP contribution in [0.3, 0.4) is 0 Å². The van der Waals surface area contributed by atoms with E-state index in [-0.39, 0.29) is 11.1 Å². The number of anilines is 2. The summed E-state index contributed by atoms with van der Waals surface area (Å²) in [5.41, 5.74) is 3.30. The van der Waals surface area contributed by atoms with E-state index in [4.69, 9.17) is 4.98 Å². The highest BCUT2D eigenvalue weighted by molar-refractivity contribution is 6.19. The first-order chi connectivity index (χ1) is 19.8. The normalized spacial score (nSPS) is 18.8. The maximum Gasteiger partial charge on any atom is 0.341 e. The molecule has 6 heterocycles. The predicted octanol–water partition coefficient (Wildman–Crippen LogP) is 3.89. The first kappa shape index (κ1) is 25.0. The molecule has 2 aliphatic heterocycles. The van der Waals surface area contributed by atoms with Crippen molar-refractivity contribution in [3.8, 4) is 17.2 Å². The van der Waals surface area contributed by atoms with E-state index >= 15 is 4.39 Å². The number of hydrogen-bond acceptors (Lipinski definition) is 7. The van der Waals surface area contributed by atoms with Crippen LogP contribution in [0.4, 0.5) is 15.8 Å². The van der Waals surface area contributed by atoms with Crippen molar-refractivity contribution in [2.45, 2.75) is 12.5 Å². The predicted molar refractivity (Wildman–Crippen MR) is 154 cm³/mol. The zero-order valence-electron chi connectivity index (χ0n) is 22.4. The molecule has 2 atom stereocenters. The Morgan fingerprint density at radius 2 is 2.05 bits per heavy atom. The molecular weight excluding hydrogens is 525 g/mol. The molecule has 7 rings (SSSR count). The van der Waals surface area contributed by atoms with Gasteiger partial charge >= 0.3 is 5.97 Å². The van der Waals surface area contributed by atoms with E-state index in [2.05, 4.69) is 33.2 Å². The van der Waals surface area contributed by atoms with Crippen LogP contribution in [-0.2, 0) is 0 Å². The Balaban J connectivity index is 1.56. The summed E-state index contributed by atoms with van der Waals surface area (Å²) in [5.74, 6) is -1.46. The molecule has 5 aromatic rings. The van der Waals surface area contributed by atoms with Gasteiger partial charge in [-0.15, -0.1) is 0 Å². The number of rotatable bonds is 4. The van der Waals surface area contributed by atoms with Gasteiger partial charge in [0.25, 0.3) is 5.56 Å². The van der Waals surface area contributed by atoms with Crippen LogP contribution in [0.25, 0.3) is 38.6 Å². The summed E-state index contributed by atoms with van der Waals surface area (Å²) in [6.07, 6.45) is 4.42. The summed E-state index contributed by atoms with van der Waals surface area (Å²) in [4.78, 5) is 37.4.